The van der Waals surface area contributed by atoms with Crippen LogP contribution in [0.15, 0.2) is 53.5 Å². The third-order valence-electron chi connectivity index (χ3n) is 4.20. The molecule has 3 amide bonds. The molecule has 7 heteroatoms. The van der Waals surface area contributed by atoms with Crippen molar-refractivity contribution in [2.75, 3.05) is 11.9 Å². The molecule has 0 N–H and O–H groups in total. The van der Waals surface area contributed by atoms with Gasteiger partial charge in [0.25, 0.3) is 5.84 Å². The van der Waals surface area contributed by atoms with E-state index in [4.69, 9.17) is 11.6 Å². The lowest BCUT2D eigenvalue weighted by molar-refractivity contribution is -0.394. The van der Waals surface area contributed by atoms with Crippen molar-refractivity contribution in [2.45, 2.75) is 5.25 Å². The summed E-state index contributed by atoms with van der Waals surface area (Å²) >= 11 is 7.66. The molecule has 2 aliphatic rings. The molecule has 0 spiro atoms. The molecule has 27 heavy (non-hydrogen) atoms. The Balaban J connectivity index is 1.67. The lowest BCUT2D eigenvalue weighted by Crippen LogP contribution is -2.54. The van der Waals surface area contributed by atoms with E-state index in [0.717, 1.165) is 10.5 Å². The van der Waals surface area contributed by atoms with Gasteiger partial charge >= 0.3 is 11.9 Å². The van der Waals surface area contributed by atoms with E-state index in [2.05, 4.69) is 16.8 Å². The Morgan fingerprint density at radius 3 is 2.59 bits per heavy atom. The van der Waals surface area contributed by atoms with Crippen LogP contribution in [0.1, 0.15) is 11.1 Å². The van der Waals surface area contributed by atoms with Gasteiger partial charge in [0, 0.05) is 11.1 Å². The predicted molar refractivity (Wildman–Crippen MR) is 108 cm³/mol. The van der Waals surface area contributed by atoms with Crippen LogP contribution in [-0.4, -0.2) is 40.2 Å². The summed E-state index contributed by atoms with van der Waals surface area (Å²) in [6.07, 6.45) is 0. The van der Waals surface area contributed by atoms with Crippen molar-refractivity contribution in [3.05, 3.63) is 64.7 Å². The average Bonchev–Trinajstić information content (AvgIpc) is 3.17. The molecule has 2 heterocycles. The average molecular weight is 395 g/mol. The number of hydrogen-bond acceptors (Lipinski definition) is 4. The lowest BCUT2D eigenvalue weighted by Gasteiger charge is -2.23. The van der Waals surface area contributed by atoms with Crippen LogP contribution in [0.5, 0.6) is 0 Å². The first-order chi connectivity index (χ1) is 13.1. The quantitative estimate of drug-likeness (QED) is 0.550. The number of fused-ring (bicyclic) bond motifs is 1. The fourth-order valence-corrected chi connectivity index (χ4v) is 3.94. The normalized spacial score (nSPS) is 18.4. The molecule has 0 aromatic heterocycles. The number of thioether (sulfide) groups is 1. The molecule has 0 saturated heterocycles. The van der Waals surface area contributed by atoms with Gasteiger partial charge in [-0.25, -0.2) is 4.79 Å². The van der Waals surface area contributed by atoms with Crippen molar-refractivity contribution in [1.29, 1.82) is 0 Å². The largest absolute Gasteiger partial charge is 0.450 e. The number of urea groups is 1. The fraction of sp³-hybridized carbons (Fsp3) is 0.100. The lowest BCUT2D eigenvalue weighted by atomic mass is 10.1. The van der Waals surface area contributed by atoms with E-state index < -0.39 is 11.3 Å². The Morgan fingerprint density at radius 1 is 1.11 bits per heavy atom. The molecule has 0 bridgehead atoms. The van der Waals surface area contributed by atoms with Gasteiger partial charge in [-0.15, -0.1) is 4.99 Å². The summed E-state index contributed by atoms with van der Waals surface area (Å²) in [4.78, 5) is 30.7. The highest BCUT2D eigenvalue weighted by molar-refractivity contribution is 8.14. The number of hydrogen-bond donors (Lipinski definition) is 0. The number of carbonyl (C=O) groups excluding carboxylic acids is 2. The number of amidine groups is 1. The molecule has 0 saturated carbocycles. The van der Waals surface area contributed by atoms with Gasteiger partial charge in [0.2, 0.25) is 0 Å². The van der Waals surface area contributed by atoms with Crippen LogP contribution < -0.4 is 4.90 Å². The molecule has 0 aliphatic carbocycles. The first-order valence-electron chi connectivity index (χ1n) is 8.09. The molecule has 1 unspecified atom stereocenters. The second-order valence-electron chi connectivity index (χ2n) is 5.91. The zero-order valence-electron chi connectivity index (χ0n) is 14.2. The first kappa shape index (κ1) is 17.5. The minimum absolute atomic E-state index is 0.289. The molecule has 5 nitrogen and oxygen atoms in total. The zero-order chi connectivity index (χ0) is 19.0. The minimum atomic E-state index is -0.527. The van der Waals surface area contributed by atoms with Gasteiger partial charge in [-0.2, -0.15) is 9.48 Å². The van der Waals surface area contributed by atoms with E-state index in [9.17, 15) is 9.59 Å². The van der Waals surface area contributed by atoms with Crippen LogP contribution in [-0.2, 0) is 4.79 Å². The number of aliphatic imine (C=N–C) groups is 1. The van der Waals surface area contributed by atoms with E-state index in [1.807, 2.05) is 30.3 Å². The van der Waals surface area contributed by atoms with Gasteiger partial charge in [0.1, 0.15) is 11.2 Å². The molecule has 2 aromatic carbocycles. The summed E-state index contributed by atoms with van der Waals surface area (Å²) in [6.45, 7) is 0. The summed E-state index contributed by atoms with van der Waals surface area (Å²) in [5.74, 6) is 6.20. The smallest absolute Gasteiger partial charge is 0.254 e. The molecule has 132 valence electrons. The van der Waals surface area contributed by atoms with E-state index in [0.29, 0.717) is 17.1 Å². The second-order valence-corrected chi connectivity index (χ2v) is 7.27. The van der Waals surface area contributed by atoms with E-state index >= 15 is 0 Å². The number of halogens is 1. The highest BCUT2D eigenvalue weighted by atomic mass is 35.5. The summed E-state index contributed by atoms with van der Waals surface area (Å²) in [6, 6.07) is 14.2. The maximum absolute atomic E-state index is 12.8. The highest BCUT2D eigenvalue weighted by Crippen LogP contribution is 2.32. The van der Waals surface area contributed by atoms with Crippen molar-refractivity contribution in [3.8, 4) is 11.8 Å². The van der Waals surface area contributed by atoms with Crippen LogP contribution in [0.25, 0.3) is 0 Å². The molecule has 1 atom stereocenters. The SMILES string of the molecule is C[N+]1=C2N=CSC2C(=O)N(c2ccc(C#Cc3ccccc3)cc2Cl)C1=O. The number of carbonyl (C=O) groups is 2. The second kappa shape index (κ2) is 7.03. The topological polar surface area (TPSA) is 52.8 Å². The van der Waals surface area contributed by atoms with Crippen molar-refractivity contribution in [1.82, 2.24) is 0 Å². The monoisotopic (exact) mass is 394 g/mol. The molecule has 0 radical (unpaired) electrons. The van der Waals surface area contributed by atoms with Crippen molar-refractivity contribution in [2.24, 2.45) is 4.99 Å². The maximum atomic E-state index is 12.8. The third kappa shape index (κ3) is 3.16. The number of benzene rings is 2. The van der Waals surface area contributed by atoms with Crippen LogP contribution >= 0.6 is 23.4 Å². The van der Waals surface area contributed by atoms with Crippen molar-refractivity contribution >= 4 is 52.4 Å². The van der Waals surface area contributed by atoms with E-state index in [1.165, 1.54) is 16.3 Å². The standard InChI is InChI=1S/C20H13ClN3O2S/c1-23-18-17(27-12-22-18)19(25)24(20(23)26)16-10-9-14(11-15(16)21)8-7-13-5-3-2-4-6-13/h2-6,9-12,17H,1H3/q+1. The van der Waals surface area contributed by atoms with E-state index in [-0.39, 0.29) is 10.9 Å². The Hall–Kier alpha value is -2.88. The Kier molecular flexibility index (Phi) is 4.56. The van der Waals surface area contributed by atoms with Crippen LogP contribution in [0.3, 0.4) is 0 Å². The van der Waals surface area contributed by atoms with Gasteiger partial charge in [-0.05, 0) is 30.3 Å². The molecule has 4 rings (SSSR count). The number of nitrogens with zero attached hydrogens (tertiary/aromatic N) is 3. The molecular weight excluding hydrogens is 382 g/mol. The fourth-order valence-electron chi connectivity index (χ4n) is 2.82. The molecule has 0 fully saturated rings. The van der Waals surface area contributed by atoms with Crippen LogP contribution in [0.2, 0.25) is 5.02 Å². The predicted octanol–water partition coefficient (Wildman–Crippen LogP) is 3.39. The molecule has 2 aliphatic heterocycles. The number of rotatable bonds is 1. The Morgan fingerprint density at radius 2 is 1.85 bits per heavy atom. The van der Waals surface area contributed by atoms with Crippen LogP contribution in [0, 0.1) is 11.8 Å². The zero-order valence-corrected chi connectivity index (χ0v) is 15.8. The first-order valence-corrected chi connectivity index (χ1v) is 9.41. The summed E-state index contributed by atoms with van der Waals surface area (Å²) in [5, 5.41) is -0.237. The molecule has 2 aromatic rings. The van der Waals surface area contributed by atoms with Gasteiger partial charge in [-0.3, -0.25) is 4.79 Å². The van der Waals surface area contributed by atoms with Gasteiger partial charge < -0.3 is 0 Å². The number of amides is 3. The number of anilines is 1. The maximum Gasteiger partial charge on any atom is 0.450 e. The minimum Gasteiger partial charge on any atom is -0.254 e. The molecular formula is C20H13ClN3O2S+. The highest BCUT2D eigenvalue weighted by Gasteiger charge is 2.49. The Bertz CT molecular complexity index is 1080. The van der Waals surface area contributed by atoms with Crippen molar-refractivity contribution in [3.63, 3.8) is 0 Å². The number of imide groups is 1. The van der Waals surface area contributed by atoms with Gasteiger partial charge in [0.05, 0.1) is 12.1 Å². The third-order valence-corrected chi connectivity index (χ3v) is 5.41. The summed E-state index contributed by atoms with van der Waals surface area (Å²) in [5.41, 5.74) is 3.51. The van der Waals surface area contributed by atoms with E-state index in [1.54, 1.807) is 30.8 Å². The van der Waals surface area contributed by atoms with Gasteiger partial charge in [-0.1, -0.05) is 53.4 Å². The van der Waals surface area contributed by atoms with Crippen molar-refractivity contribution < 1.29 is 14.2 Å². The summed E-state index contributed by atoms with van der Waals surface area (Å²) < 4.78 is 1.38. The Labute approximate surface area is 165 Å². The van der Waals surface area contributed by atoms with Crippen LogP contribution in [0.4, 0.5) is 10.5 Å². The summed E-state index contributed by atoms with van der Waals surface area (Å²) in [7, 11) is 1.60. The van der Waals surface area contributed by atoms with Gasteiger partial charge in [0.15, 0.2) is 5.25 Å².